The van der Waals surface area contributed by atoms with Crippen LogP contribution in [0.2, 0.25) is 19.1 Å². The van der Waals surface area contributed by atoms with Gasteiger partial charge in [-0.2, -0.15) is 4.31 Å². The van der Waals surface area contributed by atoms with Crippen molar-refractivity contribution in [2.24, 2.45) is 0 Å². The molecule has 0 amide bonds. The van der Waals surface area contributed by atoms with Crippen LogP contribution in [0.4, 0.5) is 0 Å². The van der Waals surface area contributed by atoms with Gasteiger partial charge in [0.05, 0.1) is 13.0 Å². The van der Waals surface area contributed by atoms with Gasteiger partial charge in [-0.25, -0.2) is 8.42 Å². The molecule has 1 saturated heterocycles. The average molecular weight is 464 g/mol. The first kappa shape index (κ1) is 23.0. The Bertz CT molecular complexity index is 1130. The highest BCUT2D eigenvalue weighted by Gasteiger charge is 2.44. The molecular weight excluding hydrogens is 430 g/mol. The molecule has 0 aromatic heterocycles. The minimum Gasteiger partial charge on any atom is -0.207 e. The van der Waals surface area contributed by atoms with Crippen molar-refractivity contribution in [3.63, 3.8) is 0 Å². The Morgan fingerprint density at radius 1 is 0.875 bits per heavy atom. The summed E-state index contributed by atoms with van der Waals surface area (Å²) in [7, 11) is -5.26. The van der Waals surface area contributed by atoms with E-state index in [0.29, 0.717) is 11.4 Å². The second-order valence-corrected chi connectivity index (χ2v) is 16.8. The van der Waals surface area contributed by atoms with Gasteiger partial charge < -0.3 is 0 Å². The van der Waals surface area contributed by atoms with E-state index in [-0.39, 0.29) is 12.0 Å². The maximum absolute atomic E-state index is 13.7. The number of nitrogens with zero attached hydrogens (tertiary/aromatic N) is 1. The molecule has 0 radical (unpaired) electrons. The molecule has 0 N–H and O–H groups in total. The third kappa shape index (κ3) is 5.06. The van der Waals surface area contributed by atoms with E-state index >= 15 is 0 Å². The van der Waals surface area contributed by atoms with Gasteiger partial charge in [0.2, 0.25) is 10.0 Å². The van der Waals surface area contributed by atoms with Crippen LogP contribution in [0.15, 0.2) is 89.8 Å². The van der Waals surface area contributed by atoms with Gasteiger partial charge in [-0.05, 0) is 43.1 Å². The largest absolute Gasteiger partial charge is 0.243 e. The van der Waals surface area contributed by atoms with E-state index in [0.717, 1.165) is 24.1 Å². The molecule has 1 heterocycles. The van der Waals surface area contributed by atoms with Crippen LogP contribution < -0.4 is 0 Å². The smallest absolute Gasteiger partial charge is 0.207 e. The third-order valence-electron chi connectivity index (χ3n) is 6.64. The molecule has 1 aliphatic rings. The van der Waals surface area contributed by atoms with Gasteiger partial charge >= 0.3 is 0 Å². The van der Waals surface area contributed by atoms with Crippen LogP contribution in [0.3, 0.4) is 0 Å². The zero-order valence-corrected chi connectivity index (χ0v) is 21.1. The predicted molar refractivity (Wildman–Crippen MR) is 135 cm³/mol. The lowest BCUT2D eigenvalue weighted by Gasteiger charge is -2.34. The molecule has 0 bridgehead atoms. The van der Waals surface area contributed by atoms with E-state index < -0.39 is 18.1 Å². The van der Waals surface area contributed by atoms with E-state index in [1.54, 1.807) is 12.1 Å². The van der Waals surface area contributed by atoms with Gasteiger partial charge in [-0.15, -0.1) is 0 Å². The number of hydrogen-bond acceptors (Lipinski definition) is 2. The van der Waals surface area contributed by atoms with Crippen molar-refractivity contribution in [3.8, 4) is 0 Å². The number of benzene rings is 3. The Labute approximate surface area is 194 Å². The molecule has 2 atom stereocenters. The topological polar surface area (TPSA) is 37.4 Å². The summed E-state index contributed by atoms with van der Waals surface area (Å²) in [5, 5.41) is 0. The van der Waals surface area contributed by atoms with Crippen molar-refractivity contribution >= 4 is 18.1 Å². The van der Waals surface area contributed by atoms with Crippen molar-refractivity contribution in [1.82, 2.24) is 4.31 Å². The van der Waals surface area contributed by atoms with E-state index in [9.17, 15) is 8.42 Å². The van der Waals surface area contributed by atoms with Gasteiger partial charge in [0.15, 0.2) is 0 Å². The number of sulfonamides is 1. The van der Waals surface area contributed by atoms with Gasteiger partial charge in [0, 0.05) is 18.5 Å². The van der Waals surface area contributed by atoms with Crippen LogP contribution in [-0.2, 0) is 16.1 Å². The van der Waals surface area contributed by atoms with Crippen molar-refractivity contribution in [2.45, 2.75) is 55.4 Å². The number of rotatable bonds is 7. The second kappa shape index (κ2) is 9.34. The Hall–Kier alpha value is -2.21. The standard InChI is InChI=1S/C27H33NO2SSi/c1-22-14-16-25(17-15-22)31(29,30)28-19-18-26(24-12-8-5-9-13-24)27(28)21-32(2,3)20-23-10-6-4-7-11-23/h4-17,26-27H,18-21H2,1-3H3/t26-,27-/m1/s1. The van der Waals surface area contributed by atoms with Gasteiger partial charge in [0.25, 0.3) is 0 Å². The van der Waals surface area contributed by atoms with Crippen LogP contribution in [0.25, 0.3) is 0 Å². The Balaban J connectivity index is 1.67. The van der Waals surface area contributed by atoms with E-state index in [4.69, 9.17) is 0 Å². The summed E-state index contributed by atoms with van der Waals surface area (Å²) in [5.41, 5.74) is 3.68. The molecule has 0 spiro atoms. The maximum Gasteiger partial charge on any atom is 0.243 e. The van der Waals surface area contributed by atoms with Crippen LogP contribution in [0, 0.1) is 6.92 Å². The first-order valence-electron chi connectivity index (χ1n) is 11.4. The summed E-state index contributed by atoms with van der Waals surface area (Å²) in [4.78, 5) is 0.407. The zero-order chi connectivity index (χ0) is 22.8. The maximum atomic E-state index is 13.7. The average Bonchev–Trinajstić information content (AvgIpc) is 3.18. The summed E-state index contributed by atoms with van der Waals surface area (Å²) in [6, 6.07) is 30.4. The minimum atomic E-state index is -3.54. The normalized spacial score (nSPS) is 19.8. The van der Waals surface area contributed by atoms with E-state index in [1.165, 1.54) is 11.1 Å². The summed E-state index contributed by atoms with van der Waals surface area (Å²) in [6.07, 6.45) is 0.871. The quantitative estimate of drug-likeness (QED) is 0.401. The highest BCUT2D eigenvalue weighted by molar-refractivity contribution is 7.89. The zero-order valence-electron chi connectivity index (χ0n) is 19.2. The molecule has 3 nitrogen and oxygen atoms in total. The lowest BCUT2D eigenvalue weighted by Crippen LogP contribution is -2.44. The fourth-order valence-corrected chi connectivity index (χ4v) is 10.0. The monoisotopic (exact) mass is 463 g/mol. The molecule has 3 aromatic rings. The molecule has 4 rings (SSSR count). The van der Waals surface area contributed by atoms with Crippen molar-refractivity contribution < 1.29 is 8.42 Å². The van der Waals surface area contributed by atoms with Crippen molar-refractivity contribution in [3.05, 3.63) is 102 Å². The van der Waals surface area contributed by atoms with Crippen LogP contribution in [-0.4, -0.2) is 33.4 Å². The first-order chi connectivity index (χ1) is 15.3. The Morgan fingerprint density at radius 3 is 2.09 bits per heavy atom. The molecule has 0 aliphatic carbocycles. The number of hydrogen-bond donors (Lipinski definition) is 0. The van der Waals surface area contributed by atoms with Crippen LogP contribution in [0.5, 0.6) is 0 Å². The number of aryl methyl sites for hydroxylation is 1. The predicted octanol–water partition coefficient (Wildman–Crippen LogP) is 6.03. The highest BCUT2D eigenvalue weighted by Crippen LogP contribution is 2.41. The first-order valence-corrected chi connectivity index (χ1v) is 16.3. The Kier molecular flexibility index (Phi) is 6.70. The van der Waals surface area contributed by atoms with Gasteiger partial charge in [-0.1, -0.05) is 97.0 Å². The molecule has 1 aliphatic heterocycles. The van der Waals surface area contributed by atoms with Gasteiger partial charge in [0.1, 0.15) is 0 Å². The summed E-state index contributed by atoms with van der Waals surface area (Å²) in [5.74, 6) is 0.235. The molecule has 32 heavy (non-hydrogen) atoms. The van der Waals surface area contributed by atoms with E-state index in [1.807, 2.05) is 29.4 Å². The van der Waals surface area contributed by atoms with Crippen molar-refractivity contribution in [2.75, 3.05) is 6.54 Å². The fraction of sp³-hybridized carbons (Fsp3) is 0.333. The van der Waals surface area contributed by atoms with Crippen LogP contribution >= 0.6 is 0 Å². The molecular formula is C27H33NO2SSi. The minimum absolute atomic E-state index is 0.00548. The SMILES string of the molecule is Cc1ccc(S(=O)(=O)N2CC[C@H](c3ccccc3)[C@H]2C[Si](C)(C)Cc2ccccc2)cc1. The molecule has 0 saturated carbocycles. The van der Waals surface area contributed by atoms with Crippen LogP contribution in [0.1, 0.15) is 29.0 Å². The fourth-order valence-electron chi connectivity index (χ4n) is 5.09. The third-order valence-corrected chi connectivity index (χ3v) is 11.5. The second-order valence-electron chi connectivity index (χ2n) is 9.83. The Morgan fingerprint density at radius 2 is 1.47 bits per heavy atom. The summed E-state index contributed by atoms with van der Waals surface area (Å²) >= 11 is 0. The molecule has 1 fully saturated rings. The lowest BCUT2D eigenvalue weighted by molar-refractivity contribution is 0.390. The van der Waals surface area contributed by atoms with Crippen molar-refractivity contribution in [1.29, 1.82) is 0 Å². The lowest BCUT2D eigenvalue weighted by atomic mass is 9.93. The molecule has 168 valence electrons. The summed E-state index contributed by atoms with van der Waals surface area (Å²) < 4.78 is 29.3. The molecule has 0 unspecified atom stereocenters. The summed E-state index contributed by atoms with van der Waals surface area (Å²) in [6.45, 7) is 7.36. The van der Waals surface area contributed by atoms with Gasteiger partial charge in [-0.3, -0.25) is 0 Å². The molecule has 3 aromatic carbocycles. The van der Waals surface area contributed by atoms with E-state index in [2.05, 4.69) is 67.7 Å². The molecule has 5 heteroatoms. The highest BCUT2D eigenvalue weighted by atomic mass is 32.2.